The molecular formula is C17H34N2. The van der Waals surface area contributed by atoms with Gasteiger partial charge in [0.25, 0.3) is 0 Å². The molecule has 2 rings (SSSR count). The van der Waals surface area contributed by atoms with Crippen molar-refractivity contribution in [1.29, 1.82) is 0 Å². The first kappa shape index (κ1) is 15.3. The smallest absolute Gasteiger partial charge is 0.0138 e. The fraction of sp³-hybridized carbons (Fsp3) is 1.00. The van der Waals surface area contributed by atoms with Crippen molar-refractivity contribution in [3.05, 3.63) is 0 Å². The monoisotopic (exact) mass is 266 g/mol. The summed E-state index contributed by atoms with van der Waals surface area (Å²) < 4.78 is 0. The zero-order chi connectivity index (χ0) is 13.7. The second-order valence-electron chi connectivity index (χ2n) is 7.21. The van der Waals surface area contributed by atoms with E-state index in [1.165, 1.54) is 64.3 Å². The van der Waals surface area contributed by atoms with Gasteiger partial charge in [0.1, 0.15) is 0 Å². The van der Waals surface area contributed by atoms with Crippen LogP contribution in [0, 0.1) is 11.8 Å². The third-order valence-electron chi connectivity index (χ3n) is 5.36. The molecule has 0 spiro atoms. The van der Waals surface area contributed by atoms with E-state index in [-0.39, 0.29) is 0 Å². The van der Waals surface area contributed by atoms with E-state index in [1.54, 1.807) is 0 Å². The van der Waals surface area contributed by atoms with Crippen LogP contribution in [0.1, 0.15) is 71.6 Å². The topological polar surface area (TPSA) is 29.3 Å². The lowest BCUT2D eigenvalue weighted by Gasteiger charge is -2.43. The van der Waals surface area contributed by atoms with E-state index in [4.69, 9.17) is 5.73 Å². The molecule has 2 unspecified atom stereocenters. The Hall–Kier alpha value is -0.0800. The van der Waals surface area contributed by atoms with E-state index in [0.29, 0.717) is 0 Å². The van der Waals surface area contributed by atoms with Gasteiger partial charge in [-0.3, -0.25) is 4.90 Å². The van der Waals surface area contributed by atoms with E-state index < -0.39 is 0 Å². The van der Waals surface area contributed by atoms with Crippen LogP contribution in [0.3, 0.4) is 0 Å². The second-order valence-corrected chi connectivity index (χ2v) is 7.21. The average Bonchev–Trinajstić information content (AvgIpc) is 2.93. The molecule has 2 aliphatic rings. The molecule has 0 bridgehead atoms. The van der Waals surface area contributed by atoms with Gasteiger partial charge in [-0.1, -0.05) is 39.5 Å². The maximum absolute atomic E-state index is 6.06. The minimum atomic E-state index is 0.765. The highest BCUT2D eigenvalue weighted by Gasteiger charge is 2.34. The second kappa shape index (κ2) is 7.64. The first-order valence-electron chi connectivity index (χ1n) is 8.68. The Balaban J connectivity index is 2.01. The van der Waals surface area contributed by atoms with Crippen LogP contribution in [0.5, 0.6) is 0 Å². The molecule has 0 aromatic carbocycles. The van der Waals surface area contributed by atoms with Gasteiger partial charge in [-0.2, -0.15) is 0 Å². The minimum absolute atomic E-state index is 0.765. The molecule has 2 fully saturated rings. The molecule has 2 saturated carbocycles. The fourth-order valence-corrected chi connectivity index (χ4v) is 4.16. The van der Waals surface area contributed by atoms with Gasteiger partial charge >= 0.3 is 0 Å². The standard InChI is InChI=1S/C17H34N2/c1-14(2)11-12-19(16-8-4-5-9-16)17-10-6-3-7-15(17)13-18/h14-17H,3-13,18H2,1-2H3. The van der Waals surface area contributed by atoms with Crippen LogP contribution >= 0.6 is 0 Å². The molecule has 2 nitrogen and oxygen atoms in total. The van der Waals surface area contributed by atoms with Crippen molar-refractivity contribution < 1.29 is 0 Å². The molecule has 112 valence electrons. The molecule has 0 aliphatic heterocycles. The zero-order valence-corrected chi connectivity index (χ0v) is 13.1. The van der Waals surface area contributed by atoms with Crippen LogP contribution in [-0.2, 0) is 0 Å². The minimum Gasteiger partial charge on any atom is -0.330 e. The quantitative estimate of drug-likeness (QED) is 0.792. The van der Waals surface area contributed by atoms with Crippen molar-refractivity contribution in [2.24, 2.45) is 17.6 Å². The van der Waals surface area contributed by atoms with Crippen LogP contribution in [0.2, 0.25) is 0 Å². The lowest BCUT2D eigenvalue weighted by Crippen LogP contribution is -2.49. The average molecular weight is 266 g/mol. The van der Waals surface area contributed by atoms with Crippen molar-refractivity contribution in [2.45, 2.75) is 83.7 Å². The maximum Gasteiger partial charge on any atom is 0.0138 e. The Kier molecular flexibility index (Phi) is 6.15. The van der Waals surface area contributed by atoms with E-state index >= 15 is 0 Å². The lowest BCUT2D eigenvalue weighted by molar-refractivity contribution is 0.0628. The molecule has 2 N–H and O–H groups in total. The first-order chi connectivity index (χ1) is 9.22. The predicted octanol–water partition coefficient (Wildman–Crippen LogP) is 3.79. The van der Waals surface area contributed by atoms with Crippen molar-refractivity contribution in [3.63, 3.8) is 0 Å². The van der Waals surface area contributed by atoms with Crippen LogP contribution in [0.25, 0.3) is 0 Å². The Bertz CT molecular complexity index is 246. The summed E-state index contributed by atoms with van der Waals surface area (Å²) in [5.74, 6) is 1.59. The molecular weight excluding hydrogens is 232 g/mol. The Morgan fingerprint density at radius 2 is 1.63 bits per heavy atom. The molecule has 0 aromatic heterocycles. The van der Waals surface area contributed by atoms with Crippen LogP contribution in [-0.4, -0.2) is 30.1 Å². The van der Waals surface area contributed by atoms with E-state index in [0.717, 1.165) is 30.5 Å². The number of nitrogens with zero attached hydrogens (tertiary/aromatic N) is 1. The highest BCUT2D eigenvalue weighted by molar-refractivity contribution is 4.89. The normalized spacial score (nSPS) is 29.5. The molecule has 2 atom stereocenters. The van der Waals surface area contributed by atoms with Crippen molar-refractivity contribution in [3.8, 4) is 0 Å². The predicted molar refractivity (Wildman–Crippen MR) is 83.2 cm³/mol. The van der Waals surface area contributed by atoms with Crippen molar-refractivity contribution in [1.82, 2.24) is 4.90 Å². The Labute approximate surface area is 120 Å². The summed E-state index contributed by atoms with van der Waals surface area (Å²) in [6.45, 7) is 6.92. The molecule has 0 saturated heterocycles. The number of hydrogen-bond acceptors (Lipinski definition) is 2. The summed E-state index contributed by atoms with van der Waals surface area (Å²) in [4.78, 5) is 2.89. The third-order valence-corrected chi connectivity index (χ3v) is 5.36. The summed E-state index contributed by atoms with van der Waals surface area (Å²) in [6, 6.07) is 1.66. The summed E-state index contributed by atoms with van der Waals surface area (Å²) in [6.07, 6.45) is 12.7. The fourth-order valence-electron chi connectivity index (χ4n) is 4.16. The number of hydrogen-bond donors (Lipinski definition) is 1. The highest BCUT2D eigenvalue weighted by Crippen LogP contribution is 2.34. The van der Waals surface area contributed by atoms with Gasteiger partial charge in [0.2, 0.25) is 0 Å². The summed E-state index contributed by atoms with van der Waals surface area (Å²) >= 11 is 0. The van der Waals surface area contributed by atoms with Crippen molar-refractivity contribution in [2.75, 3.05) is 13.1 Å². The third kappa shape index (κ3) is 4.19. The lowest BCUT2D eigenvalue weighted by atomic mass is 9.82. The maximum atomic E-state index is 6.06. The van der Waals surface area contributed by atoms with E-state index in [1.807, 2.05) is 0 Å². The Morgan fingerprint density at radius 1 is 1.00 bits per heavy atom. The van der Waals surface area contributed by atoms with Crippen LogP contribution in [0.4, 0.5) is 0 Å². The largest absolute Gasteiger partial charge is 0.330 e. The molecule has 0 radical (unpaired) electrons. The van der Waals surface area contributed by atoms with Gasteiger partial charge in [0, 0.05) is 12.1 Å². The van der Waals surface area contributed by atoms with Gasteiger partial charge in [-0.25, -0.2) is 0 Å². The molecule has 0 heterocycles. The molecule has 2 aliphatic carbocycles. The number of rotatable bonds is 6. The molecule has 0 aromatic rings. The van der Waals surface area contributed by atoms with Crippen LogP contribution in [0.15, 0.2) is 0 Å². The summed E-state index contributed by atoms with van der Waals surface area (Å²) in [5.41, 5.74) is 6.06. The molecule has 19 heavy (non-hydrogen) atoms. The number of nitrogens with two attached hydrogens (primary N) is 1. The SMILES string of the molecule is CC(C)CCN(C1CCCC1)C1CCCCC1CN. The first-order valence-corrected chi connectivity index (χ1v) is 8.68. The van der Waals surface area contributed by atoms with Crippen molar-refractivity contribution >= 4 is 0 Å². The Morgan fingerprint density at radius 3 is 2.26 bits per heavy atom. The summed E-state index contributed by atoms with van der Waals surface area (Å²) in [5, 5.41) is 0. The van der Waals surface area contributed by atoms with Gasteiger partial charge in [-0.15, -0.1) is 0 Å². The zero-order valence-electron chi connectivity index (χ0n) is 13.1. The van der Waals surface area contributed by atoms with E-state index in [2.05, 4.69) is 18.7 Å². The molecule has 2 heteroatoms. The molecule has 0 amide bonds. The van der Waals surface area contributed by atoms with Crippen LogP contribution < -0.4 is 5.73 Å². The van der Waals surface area contributed by atoms with E-state index in [9.17, 15) is 0 Å². The van der Waals surface area contributed by atoms with Gasteiger partial charge in [0.05, 0.1) is 0 Å². The van der Waals surface area contributed by atoms with Gasteiger partial charge < -0.3 is 5.73 Å². The summed E-state index contributed by atoms with van der Waals surface area (Å²) in [7, 11) is 0. The highest BCUT2D eigenvalue weighted by atomic mass is 15.2. The van der Waals surface area contributed by atoms with Gasteiger partial charge in [-0.05, 0) is 57.0 Å². The van der Waals surface area contributed by atoms with Gasteiger partial charge in [0.15, 0.2) is 0 Å².